The Hall–Kier alpha value is -2.08. The molecule has 0 amide bonds. The van der Waals surface area contributed by atoms with Gasteiger partial charge in [0.1, 0.15) is 5.69 Å². The second kappa shape index (κ2) is 5.71. The largest absolute Gasteiger partial charge is 0.374 e. The van der Waals surface area contributed by atoms with E-state index in [4.69, 9.17) is 11.6 Å². The van der Waals surface area contributed by atoms with Gasteiger partial charge in [-0.2, -0.15) is 0 Å². The van der Waals surface area contributed by atoms with Crippen LogP contribution in [0, 0.1) is 10.1 Å². The molecular weight excluding hydrogens is 268 g/mol. The molecule has 19 heavy (non-hydrogen) atoms. The van der Waals surface area contributed by atoms with E-state index in [1.807, 2.05) is 17.7 Å². The lowest BCUT2D eigenvalue weighted by Crippen LogP contribution is -2.22. The molecule has 0 aliphatic rings. The average molecular weight is 281 g/mol. The van der Waals surface area contributed by atoms with Gasteiger partial charge in [-0.25, -0.2) is 4.98 Å². The highest BCUT2D eigenvalue weighted by atomic mass is 35.5. The van der Waals surface area contributed by atoms with E-state index in [2.05, 4.69) is 10.3 Å². The van der Waals surface area contributed by atoms with Crippen LogP contribution in [0.4, 0.5) is 11.4 Å². The van der Waals surface area contributed by atoms with E-state index in [1.54, 1.807) is 24.7 Å². The fourth-order valence-corrected chi connectivity index (χ4v) is 2.03. The second-order valence-electron chi connectivity index (χ2n) is 4.20. The Bertz CT molecular complexity index is 571. The number of aromatic nitrogens is 2. The lowest BCUT2D eigenvalue weighted by Gasteiger charge is -2.16. The van der Waals surface area contributed by atoms with E-state index < -0.39 is 4.92 Å². The lowest BCUT2D eigenvalue weighted by molar-refractivity contribution is -0.384. The molecule has 1 N–H and O–H groups in total. The summed E-state index contributed by atoms with van der Waals surface area (Å²) in [7, 11) is 0. The third-order valence-corrected chi connectivity index (χ3v) is 2.94. The number of nitrogens with zero attached hydrogens (tertiary/aromatic N) is 3. The van der Waals surface area contributed by atoms with Crippen LogP contribution in [0.25, 0.3) is 0 Å². The third kappa shape index (κ3) is 3.23. The van der Waals surface area contributed by atoms with Gasteiger partial charge in [-0.15, -0.1) is 0 Å². The Morgan fingerprint density at radius 3 is 3.00 bits per heavy atom. The van der Waals surface area contributed by atoms with E-state index >= 15 is 0 Å². The normalized spacial score (nSPS) is 12.1. The zero-order chi connectivity index (χ0) is 13.8. The molecule has 0 aliphatic carbocycles. The topological polar surface area (TPSA) is 73.0 Å². The van der Waals surface area contributed by atoms with Crippen molar-refractivity contribution in [3.63, 3.8) is 0 Å². The summed E-state index contributed by atoms with van der Waals surface area (Å²) in [5.74, 6) is 0. The maximum atomic E-state index is 11.0. The van der Waals surface area contributed by atoms with Crippen LogP contribution in [-0.4, -0.2) is 20.5 Å². The van der Waals surface area contributed by atoms with Crippen LogP contribution >= 0.6 is 11.6 Å². The molecule has 1 atom stereocenters. The number of para-hydroxylation sites is 1. The minimum atomic E-state index is -0.446. The first-order chi connectivity index (χ1) is 9.08. The van der Waals surface area contributed by atoms with E-state index in [0.29, 0.717) is 17.3 Å². The fourth-order valence-electron chi connectivity index (χ4n) is 1.81. The monoisotopic (exact) mass is 280 g/mol. The quantitative estimate of drug-likeness (QED) is 0.675. The molecule has 2 rings (SSSR count). The molecule has 7 heteroatoms. The molecule has 0 radical (unpaired) electrons. The highest BCUT2D eigenvalue weighted by molar-refractivity contribution is 6.33. The standard InChI is InChI=1S/C12H13ClN4O2/c1-9(7-16-6-5-14-8-16)15-12-10(13)3-2-4-11(12)17(18)19/h2-6,8-9,15H,7H2,1H3. The summed E-state index contributed by atoms with van der Waals surface area (Å²) < 4.78 is 1.89. The van der Waals surface area contributed by atoms with Crippen LogP contribution in [0.1, 0.15) is 6.92 Å². The van der Waals surface area contributed by atoms with Crippen LogP contribution in [0.5, 0.6) is 0 Å². The average Bonchev–Trinajstić information content (AvgIpc) is 2.84. The number of benzene rings is 1. The molecular formula is C12H13ClN4O2. The molecule has 0 fully saturated rings. The van der Waals surface area contributed by atoms with Crippen molar-refractivity contribution in [2.24, 2.45) is 0 Å². The van der Waals surface area contributed by atoms with Crippen molar-refractivity contribution in [3.05, 3.63) is 52.1 Å². The number of imidazole rings is 1. The summed E-state index contributed by atoms with van der Waals surface area (Å²) in [6.45, 7) is 2.56. The van der Waals surface area contributed by atoms with Gasteiger partial charge in [0.2, 0.25) is 0 Å². The van der Waals surface area contributed by atoms with Gasteiger partial charge in [-0.1, -0.05) is 17.7 Å². The van der Waals surface area contributed by atoms with Gasteiger partial charge in [0, 0.05) is 31.0 Å². The fraction of sp³-hybridized carbons (Fsp3) is 0.250. The lowest BCUT2D eigenvalue weighted by atomic mass is 10.2. The van der Waals surface area contributed by atoms with Crippen LogP contribution in [0.15, 0.2) is 36.9 Å². The predicted octanol–water partition coefficient (Wildman–Crippen LogP) is 2.95. The first kappa shape index (κ1) is 13.4. The van der Waals surface area contributed by atoms with Gasteiger partial charge in [0.15, 0.2) is 0 Å². The van der Waals surface area contributed by atoms with Crippen LogP contribution in [0.2, 0.25) is 5.02 Å². The van der Waals surface area contributed by atoms with Gasteiger partial charge in [0.25, 0.3) is 5.69 Å². The first-order valence-corrected chi connectivity index (χ1v) is 6.11. The van der Waals surface area contributed by atoms with Crippen molar-refractivity contribution in [1.29, 1.82) is 0 Å². The zero-order valence-corrected chi connectivity index (χ0v) is 11.0. The van der Waals surface area contributed by atoms with Gasteiger partial charge >= 0.3 is 0 Å². The molecule has 100 valence electrons. The number of nitro groups is 1. The molecule has 6 nitrogen and oxygen atoms in total. The van der Waals surface area contributed by atoms with E-state index in [9.17, 15) is 10.1 Å². The first-order valence-electron chi connectivity index (χ1n) is 5.73. The van der Waals surface area contributed by atoms with Crippen LogP contribution < -0.4 is 5.32 Å². The van der Waals surface area contributed by atoms with E-state index in [0.717, 1.165) is 0 Å². The molecule has 0 saturated carbocycles. The number of hydrogen-bond donors (Lipinski definition) is 1. The van der Waals surface area contributed by atoms with Gasteiger partial charge < -0.3 is 9.88 Å². The summed E-state index contributed by atoms with van der Waals surface area (Å²) in [6.07, 6.45) is 5.21. The Kier molecular flexibility index (Phi) is 4.01. The number of halogens is 1. The molecule has 1 aromatic carbocycles. The number of rotatable bonds is 5. The van der Waals surface area contributed by atoms with Crippen LogP contribution in [0.3, 0.4) is 0 Å². The Morgan fingerprint density at radius 1 is 1.58 bits per heavy atom. The maximum Gasteiger partial charge on any atom is 0.293 e. The van der Waals surface area contributed by atoms with Crippen molar-refractivity contribution < 1.29 is 4.92 Å². The maximum absolute atomic E-state index is 11.0. The predicted molar refractivity (Wildman–Crippen MR) is 73.4 cm³/mol. The molecule has 2 aromatic rings. The zero-order valence-electron chi connectivity index (χ0n) is 10.3. The van der Waals surface area contributed by atoms with E-state index in [1.165, 1.54) is 6.07 Å². The minimum Gasteiger partial charge on any atom is -0.374 e. The highest BCUT2D eigenvalue weighted by Crippen LogP contribution is 2.32. The van der Waals surface area contributed by atoms with Gasteiger partial charge in [-0.05, 0) is 13.0 Å². The molecule has 1 unspecified atom stereocenters. The molecule has 1 heterocycles. The molecule has 0 aliphatic heterocycles. The summed E-state index contributed by atoms with van der Waals surface area (Å²) >= 11 is 6.01. The number of hydrogen-bond acceptors (Lipinski definition) is 4. The third-order valence-electron chi connectivity index (χ3n) is 2.62. The SMILES string of the molecule is CC(Cn1ccnc1)Nc1c(Cl)cccc1[N+](=O)[O-]. The van der Waals surface area contributed by atoms with Crippen molar-refractivity contribution in [2.75, 3.05) is 5.32 Å². The van der Waals surface area contributed by atoms with Crippen molar-refractivity contribution in [3.8, 4) is 0 Å². The summed E-state index contributed by atoms with van der Waals surface area (Å²) in [6, 6.07) is 4.60. The summed E-state index contributed by atoms with van der Waals surface area (Å²) in [5.41, 5.74) is 0.326. The Labute approximate surface area is 115 Å². The number of anilines is 1. The van der Waals surface area contributed by atoms with Gasteiger partial charge in [0.05, 0.1) is 16.3 Å². The van der Waals surface area contributed by atoms with Crippen LogP contribution in [-0.2, 0) is 6.54 Å². The van der Waals surface area contributed by atoms with Gasteiger partial charge in [-0.3, -0.25) is 10.1 Å². The smallest absolute Gasteiger partial charge is 0.293 e. The minimum absolute atomic E-state index is 0.0206. The molecule has 0 saturated heterocycles. The second-order valence-corrected chi connectivity index (χ2v) is 4.60. The highest BCUT2D eigenvalue weighted by Gasteiger charge is 2.18. The summed E-state index contributed by atoms with van der Waals surface area (Å²) in [4.78, 5) is 14.5. The molecule has 1 aromatic heterocycles. The van der Waals surface area contributed by atoms with Crippen molar-refractivity contribution in [1.82, 2.24) is 9.55 Å². The number of nitro benzene ring substituents is 1. The molecule has 0 bridgehead atoms. The summed E-state index contributed by atoms with van der Waals surface area (Å²) in [5, 5.41) is 14.4. The Balaban J connectivity index is 2.16. The van der Waals surface area contributed by atoms with Crippen molar-refractivity contribution >= 4 is 23.0 Å². The Morgan fingerprint density at radius 2 is 2.37 bits per heavy atom. The van der Waals surface area contributed by atoms with E-state index in [-0.39, 0.29) is 11.7 Å². The number of nitrogens with one attached hydrogen (secondary N) is 1. The molecule has 0 spiro atoms. The van der Waals surface area contributed by atoms with Crippen molar-refractivity contribution in [2.45, 2.75) is 19.5 Å².